The number of hydrogen-bond acceptors (Lipinski definition) is 2. The number of thiophene rings is 1. The normalized spacial score (nSPS) is 13.3. The van der Waals surface area contributed by atoms with Crippen LogP contribution in [0.4, 0.5) is 17.1 Å². The molecule has 51 heavy (non-hydrogen) atoms. The highest BCUT2D eigenvalue weighted by atomic mass is 32.1. The minimum absolute atomic E-state index is 0.0892. The summed E-state index contributed by atoms with van der Waals surface area (Å²) in [5.41, 5.74) is 14.0. The van der Waals surface area contributed by atoms with Crippen molar-refractivity contribution in [3.63, 3.8) is 0 Å². The summed E-state index contributed by atoms with van der Waals surface area (Å²) in [6.07, 6.45) is 0. The summed E-state index contributed by atoms with van der Waals surface area (Å²) in [5.74, 6) is 0. The average Bonchev–Trinajstić information content (AvgIpc) is 3.64. The van der Waals surface area contributed by atoms with Gasteiger partial charge in [-0.05, 0) is 128 Å². The van der Waals surface area contributed by atoms with Gasteiger partial charge in [0, 0.05) is 37.0 Å². The topological polar surface area (TPSA) is 3.24 Å². The Morgan fingerprint density at radius 2 is 1.06 bits per heavy atom. The Labute approximate surface area is 303 Å². The molecule has 8 aromatic carbocycles. The third kappa shape index (κ3) is 4.53. The maximum Gasteiger partial charge on any atom is 0.0520 e. The van der Waals surface area contributed by atoms with Crippen LogP contribution in [0.25, 0.3) is 64.0 Å². The van der Waals surface area contributed by atoms with Crippen molar-refractivity contribution in [1.82, 2.24) is 0 Å². The van der Waals surface area contributed by atoms with Gasteiger partial charge in [0.15, 0.2) is 0 Å². The number of rotatable bonds is 4. The Balaban J connectivity index is 1.19. The van der Waals surface area contributed by atoms with Crippen LogP contribution in [-0.2, 0) is 5.41 Å². The average molecular weight is 672 g/mol. The predicted octanol–water partition coefficient (Wildman–Crippen LogP) is 14.4. The Kier molecular flexibility index (Phi) is 6.59. The summed E-state index contributed by atoms with van der Waals surface area (Å²) < 4.78 is 2.63. The van der Waals surface area contributed by atoms with E-state index in [0.29, 0.717) is 0 Å². The first-order chi connectivity index (χ1) is 24.9. The largest absolute Gasteiger partial charge is 0.310 e. The molecule has 0 atom stereocenters. The summed E-state index contributed by atoms with van der Waals surface area (Å²) in [6.45, 7) is 9.31. The van der Waals surface area contributed by atoms with E-state index < -0.39 is 0 Å². The number of benzene rings is 8. The van der Waals surface area contributed by atoms with Gasteiger partial charge in [-0.3, -0.25) is 0 Å². The van der Waals surface area contributed by atoms with E-state index in [1.54, 1.807) is 0 Å². The van der Waals surface area contributed by atoms with Gasteiger partial charge < -0.3 is 4.90 Å². The summed E-state index contributed by atoms with van der Waals surface area (Å²) in [5, 5.41) is 7.79. The van der Waals surface area contributed by atoms with Crippen LogP contribution < -0.4 is 4.90 Å². The first-order valence-electron chi connectivity index (χ1n) is 17.8. The van der Waals surface area contributed by atoms with Crippen molar-refractivity contribution in [2.24, 2.45) is 0 Å². The number of anilines is 3. The first kappa shape index (κ1) is 30.2. The van der Waals surface area contributed by atoms with Crippen molar-refractivity contribution >= 4 is 70.1 Å². The first-order valence-corrected chi connectivity index (χ1v) is 18.7. The molecule has 0 saturated carbocycles. The van der Waals surface area contributed by atoms with E-state index in [2.05, 4.69) is 184 Å². The second kappa shape index (κ2) is 11.2. The fraction of sp³-hybridized carbons (Fsp3) is 0.102. The molecule has 2 heteroatoms. The van der Waals surface area contributed by atoms with Crippen LogP contribution in [0.1, 0.15) is 36.1 Å². The Morgan fingerprint density at radius 1 is 0.451 bits per heavy atom. The Bertz CT molecular complexity index is 2850. The van der Waals surface area contributed by atoms with Gasteiger partial charge in [0.05, 0.1) is 5.69 Å². The second-order valence-electron chi connectivity index (χ2n) is 14.7. The van der Waals surface area contributed by atoms with Gasteiger partial charge in [-0.25, -0.2) is 0 Å². The number of hydrogen-bond donors (Lipinski definition) is 0. The molecular weight excluding hydrogens is 635 g/mol. The molecule has 10 rings (SSSR count). The maximum absolute atomic E-state index is 2.51. The minimum atomic E-state index is -0.0892. The Morgan fingerprint density at radius 3 is 1.88 bits per heavy atom. The molecule has 0 spiro atoms. The van der Waals surface area contributed by atoms with Gasteiger partial charge in [0.1, 0.15) is 0 Å². The molecule has 1 aliphatic carbocycles. The fourth-order valence-corrected chi connectivity index (χ4v) is 9.99. The van der Waals surface area contributed by atoms with Crippen molar-refractivity contribution in [2.75, 3.05) is 4.90 Å². The predicted molar refractivity (Wildman–Crippen MR) is 221 cm³/mol. The van der Waals surface area contributed by atoms with E-state index >= 15 is 0 Å². The maximum atomic E-state index is 2.51. The molecule has 1 heterocycles. The highest BCUT2D eigenvalue weighted by Crippen LogP contribution is 2.52. The van der Waals surface area contributed by atoms with Crippen molar-refractivity contribution < 1.29 is 0 Å². The summed E-state index contributed by atoms with van der Waals surface area (Å²) in [4.78, 5) is 2.51. The second-order valence-corrected chi connectivity index (χ2v) is 15.7. The summed E-state index contributed by atoms with van der Waals surface area (Å²) in [7, 11) is 0. The minimum Gasteiger partial charge on any atom is -0.310 e. The molecule has 0 fully saturated rings. The van der Waals surface area contributed by atoms with Gasteiger partial charge in [0.25, 0.3) is 0 Å². The van der Waals surface area contributed by atoms with Crippen LogP contribution in [0.15, 0.2) is 152 Å². The number of aryl methyl sites for hydroxylation is 2. The van der Waals surface area contributed by atoms with Crippen molar-refractivity contribution in [3.8, 4) is 22.3 Å². The lowest BCUT2D eigenvalue weighted by molar-refractivity contribution is 0.660. The lowest BCUT2D eigenvalue weighted by Gasteiger charge is -2.31. The van der Waals surface area contributed by atoms with E-state index in [4.69, 9.17) is 0 Å². The monoisotopic (exact) mass is 671 g/mol. The SMILES string of the molecule is Cc1cc(-c2cc3ccccc3c3ccccc23)cc(C)c1N(c1ccc2c(c1)C(C)(C)c1ccccc1-2)c1ccc2c(c1)sc1ccccc12. The van der Waals surface area contributed by atoms with Crippen LogP contribution in [0, 0.1) is 13.8 Å². The lowest BCUT2D eigenvalue weighted by Crippen LogP contribution is -2.17. The number of fused-ring (bicyclic) bond motifs is 9. The molecule has 1 aromatic heterocycles. The van der Waals surface area contributed by atoms with Crippen molar-refractivity contribution in [2.45, 2.75) is 33.1 Å². The highest BCUT2D eigenvalue weighted by Gasteiger charge is 2.36. The molecule has 0 aliphatic heterocycles. The van der Waals surface area contributed by atoms with E-state index in [-0.39, 0.29) is 5.41 Å². The van der Waals surface area contributed by atoms with Gasteiger partial charge in [-0.15, -0.1) is 11.3 Å². The fourth-order valence-electron chi connectivity index (χ4n) is 8.85. The molecule has 0 saturated heterocycles. The molecule has 0 bridgehead atoms. The third-order valence-electron chi connectivity index (χ3n) is 11.2. The van der Waals surface area contributed by atoms with Gasteiger partial charge in [0.2, 0.25) is 0 Å². The summed E-state index contributed by atoms with van der Waals surface area (Å²) >= 11 is 1.88. The van der Waals surface area contributed by atoms with Gasteiger partial charge >= 0.3 is 0 Å². The van der Waals surface area contributed by atoms with Crippen molar-refractivity contribution in [3.05, 3.63) is 174 Å². The molecular formula is C49H37NS. The van der Waals surface area contributed by atoms with E-state index in [1.807, 2.05) is 11.3 Å². The molecule has 0 unspecified atom stereocenters. The molecule has 9 aromatic rings. The zero-order valence-corrected chi connectivity index (χ0v) is 30.1. The third-order valence-corrected chi connectivity index (χ3v) is 12.4. The molecule has 244 valence electrons. The van der Waals surface area contributed by atoms with Crippen LogP contribution in [0.5, 0.6) is 0 Å². The molecule has 1 nitrogen and oxygen atoms in total. The molecule has 0 amide bonds. The molecule has 0 N–H and O–H groups in total. The molecule has 0 radical (unpaired) electrons. The van der Waals surface area contributed by atoms with E-state index in [1.165, 1.54) is 103 Å². The van der Waals surface area contributed by atoms with Crippen LogP contribution >= 0.6 is 11.3 Å². The van der Waals surface area contributed by atoms with Gasteiger partial charge in [-0.2, -0.15) is 0 Å². The zero-order valence-electron chi connectivity index (χ0n) is 29.3. The quantitative estimate of drug-likeness (QED) is 0.168. The zero-order chi connectivity index (χ0) is 34.4. The van der Waals surface area contributed by atoms with Crippen molar-refractivity contribution in [1.29, 1.82) is 0 Å². The van der Waals surface area contributed by atoms with E-state index in [0.717, 1.165) is 0 Å². The number of nitrogens with zero attached hydrogens (tertiary/aromatic N) is 1. The van der Waals surface area contributed by atoms with Crippen LogP contribution in [0.2, 0.25) is 0 Å². The van der Waals surface area contributed by atoms with Crippen LogP contribution in [-0.4, -0.2) is 0 Å². The smallest absolute Gasteiger partial charge is 0.0520 e. The Hall–Kier alpha value is -5.70. The van der Waals surface area contributed by atoms with E-state index in [9.17, 15) is 0 Å². The standard InChI is InChI=1S/C49H37NS/c1-30-25-33(43-27-32-13-5-6-14-36(32)37-15-7-8-16-38(37)43)26-31(2)48(30)50(35-22-24-42-41-18-10-12-20-46(41)51-47(42)29-35)34-21-23-40-39-17-9-11-19-44(39)49(3,4)45(40)28-34/h5-29H,1-4H3. The lowest BCUT2D eigenvalue weighted by atomic mass is 9.82. The van der Waals surface area contributed by atoms with Gasteiger partial charge in [-0.1, -0.05) is 117 Å². The van der Waals surface area contributed by atoms with Crippen LogP contribution in [0.3, 0.4) is 0 Å². The summed E-state index contributed by atoms with van der Waals surface area (Å²) in [6, 6.07) is 56.6. The highest BCUT2D eigenvalue weighted by molar-refractivity contribution is 7.25. The molecule has 1 aliphatic rings.